The third-order valence-corrected chi connectivity index (χ3v) is 2.47. The zero-order chi connectivity index (χ0) is 12.0. The molecule has 0 heterocycles. The third-order valence-electron chi connectivity index (χ3n) is 2.47. The number of benzene rings is 1. The lowest BCUT2D eigenvalue weighted by molar-refractivity contribution is 0.166. The Hall–Kier alpha value is -1.06. The minimum Gasteiger partial charge on any atom is -0.497 e. The van der Waals surface area contributed by atoms with E-state index in [1.54, 1.807) is 7.11 Å². The lowest BCUT2D eigenvalue weighted by Crippen LogP contribution is -2.24. The van der Waals surface area contributed by atoms with Crippen LogP contribution in [-0.4, -0.2) is 24.8 Å². The van der Waals surface area contributed by atoms with E-state index < -0.39 is 6.10 Å². The first-order valence-electron chi connectivity index (χ1n) is 5.69. The molecule has 0 fully saturated rings. The number of rotatable bonds is 6. The summed E-state index contributed by atoms with van der Waals surface area (Å²) in [6, 6.07) is 8.00. The highest BCUT2D eigenvalue weighted by Crippen LogP contribution is 2.19. The molecule has 1 atom stereocenters. The van der Waals surface area contributed by atoms with Crippen LogP contribution in [0, 0.1) is 0 Å². The van der Waals surface area contributed by atoms with Crippen molar-refractivity contribution in [2.75, 3.05) is 13.7 Å². The van der Waals surface area contributed by atoms with Gasteiger partial charge in [0.15, 0.2) is 0 Å². The second-order valence-electron chi connectivity index (χ2n) is 4.19. The molecule has 3 nitrogen and oxygen atoms in total. The van der Waals surface area contributed by atoms with Gasteiger partial charge in [0, 0.05) is 6.04 Å². The van der Waals surface area contributed by atoms with Gasteiger partial charge in [-0.05, 0) is 30.7 Å². The molecule has 0 radical (unpaired) electrons. The van der Waals surface area contributed by atoms with E-state index in [-0.39, 0.29) is 0 Å². The molecular formula is C13H21NO2. The second-order valence-corrected chi connectivity index (χ2v) is 4.19. The van der Waals surface area contributed by atoms with Gasteiger partial charge in [0.05, 0.1) is 13.2 Å². The minimum atomic E-state index is -0.405. The summed E-state index contributed by atoms with van der Waals surface area (Å²) in [6.07, 6.45) is 0.321. The van der Waals surface area contributed by atoms with Gasteiger partial charge in [0.25, 0.3) is 0 Å². The van der Waals surface area contributed by atoms with Crippen LogP contribution in [0.15, 0.2) is 24.3 Å². The normalized spacial score (nSPS) is 12.8. The highest BCUT2D eigenvalue weighted by atomic mass is 16.5. The molecule has 16 heavy (non-hydrogen) atoms. The maximum absolute atomic E-state index is 9.92. The van der Waals surface area contributed by atoms with E-state index in [9.17, 15) is 5.11 Å². The summed E-state index contributed by atoms with van der Waals surface area (Å²) in [7, 11) is 1.64. The molecular weight excluding hydrogens is 202 g/mol. The van der Waals surface area contributed by atoms with Crippen molar-refractivity contribution in [1.82, 2.24) is 5.32 Å². The van der Waals surface area contributed by atoms with Crippen molar-refractivity contribution >= 4 is 0 Å². The predicted octanol–water partition coefficient (Wildman–Crippen LogP) is 2.12. The van der Waals surface area contributed by atoms with Crippen LogP contribution in [0.2, 0.25) is 0 Å². The van der Waals surface area contributed by atoms with Crippen molar-refractivity contribution in [3.63, 3.8) is 0 Å². The first-order chi connectivity index (χ1) is 7.63. The maximum Gasteiger partial charge on any atom is 0.118 e. The van der Waals surface area contributed by atoms with Gasteiger partial charge in [0.1, 0.15) is 5.75 Å². The lowest BCUT2D eigenvalue weighted by Gasteiger charge is -2.13. The van der Waals surface area contributed by atoms with Crippen molar-refractivity contribution in [1.29, 1.82) is 0 Å². The highest BCUT2D eigenvalue weighted by molar-refractivity contribution is 5.28. The van der Waals surface area contributed by atoms with Crippen LogP contribution in [0.5, 0.6) is 5.75 Å². The monoisotopic (exact) mass is 223 g/mol. The van der Waals surface area contributed by atoms with Crippen LogP contribution in [0.3, 0.4) is 0 Å². The van der Waals surface area contributed by atoms with E-state index in [0.717, 1.165) is 24.3 Å². The van der Waals surface area contributed by atoms with Gasteiger partial charge in [0.2, 0.25) is 0 Å². The number of hydrogen-bond donors (Lipinski definition) is 2. The molecule has 1 aromatic rings. The lowest BCUT2D eigenvalue weighted by atomic mass is 10.1. The standard InChI is InChI=1S/C13H21NO2/c1-10(2)14-9-8-13(15)11-4-6-12(16-3)7-5-11/h4-7,10,13-15H,8-9H2,1-3H3. The summed E-state index contributed by atoms with van der Waals surface area (Å²) >= 11 is 0. The molecule has 3 heteroatoms. The van der Waals surface area contributed by atoms with Crippen LogP contribution in [0.25, 0.3) is 0 Å². The number of nitrogens with one attached hydrogen (secondary N) is 1. The molecule has 0 spiro atoms. The number of hydrogen-bond acceptors (Lipinski definition) is 3. The Kier molecular flexibility index (Phi) is 5.29. The molecule has 0 aliphatic heterocycles. The fourth-order valence-electron chi connectivity index (χ4n) is 1.50. The van der Waals surface area contributed by atoms with Crippen molar-refractivity contribution < 1.29 is 9.84 Å². The topological polar surface area (TPSA) is 41.5 Å². The molecule has 90 valence electrons. The molecule has 1 unspecified atom stereocenters. The first-order valence-corrected chi connectivity index (χ1v) is 5.69. The van der Waals surface area contributed by atoms with E-state index in [1.807, 2.05) is 24.3 Å². The number of aliphatic hydroxyl groups excluding tert-OH is 1. The van der Waals surface area contributed by atoms with Crippen molar-refractivity contribution in [3.8, 4) is 5.75 Å². The minimum absolute atomic E-state index is 0.405. The summed E-state index contributed by atoms with van der Waals surface area (Å²) < 4.78 is 5.07. The van der Waals surface area contributed by atoms with Gasteiger partial charge in [-0.1, -0.05) is 26.0 Å². The van der Waals surface area contributed by atoms with Crippen LogP contribution in [0.4, 0.5) is 0 Å². The molecule has 2 N–H and O–H groups in total. The molecule has 0 bridgehead atoms. The SMILES string of the molecule is COc1ccc(C(O)CCNC(C)C)cc1. The zero-order valence-corrected chi connectivity index (χ0v) is 10.2. The molecule has 0 aliphatic rings. The first kappa shape index (κ1) is 13.0. The van der Waals surface area contributed by atoms with E-state index in [4.69, 9.17) is 4.74 Å². The summed E-state index contributed by atoms with van der Waals surface area (Å²) in [5.41, 5.74) is 0.936. The molecule has 0 saturated heterocycles. The number of methoxy groups -OCH3 is 1. The number of ether oxygens (including phenoxy) is 1. The Morgan fingerprint density at radius 2 is 1.88 bits per heavy atom. The Morgan fingerprint density at radius 3 is 2.38 bits per heavy atom. The quantitative estimate of drug-likeness (QED) is 0.776. The van der Waals surface area contributed by atoms with Crippen LogP contribution in [0.1, 0.15) is 31.9 Å². The van der Waals surface area contributed by atoms with Gasteiger partial charge in [-0.15, -0.1) is 0 Å². The van der Waals surface area contributed by atoms with Gasteiger partial charge in [-0.2, -0.15) is 0 Å². The number of aliphatic hydroxyl groups is 1. The smallest absolute Gasteiger partial charge is 0.118 e. The average Bonchev–Trinajstić information content (AvgIpc) is 2.28. The van der Waals surface area contributed by atoms with E-state index in [2.05, 4.69) is 19.2 Å². The van der Waals surface area contributed by atoms with Gasteiger partial charge in [-0.25, -0.2) is 0 Å². The van der Waals surface area contributed by atoms with E-state index in [1.165, 1.54) is 0 Å². The Labute approximate surface area is 97.4 Å². The fraction of sp³-hybridized carbons (Fsp3) is 0.538. The second kappa shape index (κ2) is 6.51. The summed E-state index contributed by atoms with van der Waals surface area (Å²) in [6.45, 7) is 5.02. The summed E-state index contributed by atoms with van der Waals surface area (Å²) in [4.78, 5) is 0. The molecule has 0 saturated carbocycles. The van der Waals surface area contributed by atoms with Crippen molar-refractivity contribution in [3.05, 3.63) is 29.8 Å². The maximum atomic E-state index is 9.92. The fourth-order valence-corrected chi connectivity index (χ4v) is 1.50. The Morgan fingerprint density at radius 1 is 1.25 bits per heavy atom. The molecule has 1 rings (SSSR count). The zero-order valence-electron chi connectivity index (χ0n) is 10.2. The van der Waals surface area contributed by atoms with Crippen molar-refractivity contribution in [2.45, 2.75) is 32.4 Å². The summed E-state index contributed by atoms with van der Waals surface area (Å²) in [5, 5.41) is 13.2. The highest BCUT2D eigenvalue weighted by Gasteiger charge is 2.07. The van der Waals surface area contributed by atoms with Gasteiger partial charge < -0.3 is 15.2 Å². The third kappa shape index (κ3) is 4.21. The Balaban J connectivity index is 2.43. The summed E-state index contributed by atoms with van der Waals surface area (Å²) in [5.74, 6) is 0.816. The van der Waals surface area contributed by atoms with E-state index in [0.29, 0.717) is 6.04 Å². The molecule has 0 aliphatic carbocycles. The molecule has 0 amide bonds. The predicted molar refractivity (Wildman–Crippen MR) is 65.7 cm³/mol. The average molecular weight is 223 g/mol. The largest absolute Gasteiger partial charge is 0.497 e. The van der Waals surface area contributed by atoms with Crippen molar-refractivity contribution in [2.24, 2.45) is 0 Å². The van der Waals surface area contributed by atoms with Crippen LogP contribution in [-0.2, 0) is 0 Å². The molecule has 1 aromatic carbocycles. The van der Waals surface area contributed by atoms with Gasteiger partial charge >= 0.3 is 0 Å². The van der Waals surface area contributed by atoms with Crippen LogP contribution < -0.4 is 10.1 Å². The molecule has 0 aromatic heterocycles. The van der Waals surface area contributed by atoms with E-state index >= 15 is 0 Å². The van der Waals surface area contributed by atoms with Crippen LogP contribution >= 0.6 is 0 Å². The Bertz CT molecular complexity index is 295. The van der Waals surface area contributed by atoms with Gasteiger partial charge in [-0.3, -0.25) is 0 Å².